The molecule has 0 fully saturated rings. The normalized spacial score (nSPS) is 11.6. The fraction of sp³-hybridized carbons (Fsp3) is 0.294. The van der Waals surface area contributed by atoms with Gasteiger partial charge in [0.1, 0.15) is 5.75 Å². The Labute approximate surface area is 130 Å². The number of methoxy groups -OCH3 is 2. The molecule has 1 heterocycles. The monoisotopic (exact) mass is 300 g/mol. The maximum atomic E-state index is 12.5. The molecule has 1 amide bonds. The first-order chi connectivity index (χ1) is 10.6. The summed E-state index contributed by atoms with van der Waals surface area (Å²) in [5.74, 6) is 1.20. The van der Waals surface area contributed by atoms with Crippen LogP contribution < -0.4 is 9.47 Å². The number of amides is 1. The topological polar surface area (TPSA) is 51.7 Å². The van der Waals surface area contributed by atoms with E-state index >= 15 is 0 Å². The third-order valence-corrected chi connectivity index (χ3v) is 3.69. The van der Waals surface area contributed by atoms with Crippen molar-refractivity contribution in [1.29, 1.82) is 0 Å². The van der Waals surface area contributed by atoms with Gasteiger partial charge in [-0.15, -0.1) is 0 Å². The lowest BCUT2D eigenvalue weighted by atomic mass is 10.1. The van der Waals surface area contributed by atoms with Gasteiger partial charge in [0.25, 0.3) is 5.91 Å². The molecule has 0 aliphatic carbocycles. The number of carbonyl (C=O) groups excluding carboxylic acids is 1. The Morgan fingerprint density at radius 2 is 1.77 bits per heavy atom. The number of nitrogens with zero attached hydrogens (tertiary/aromatic N) is 2. The standard InChI is InChI=1S/C17H20N2O3/c1-12(13-5-8-15(21-3)9-6-13)19(2)17(20)14-7-10-16(22-4)18-11-14/h5-12H,1-4H3. The van der Waals surface area contributed by atoms with Crippen molar-refractivity contribution in [3.63, 3.8) is 0 Å². The summed E-state index contributed by atoms with van der Waals surface area (Å²) in [6.07, 6.45) is 1.53. The summed E-state index contributed by atoms with van der Waals surface area (Å²) in [4.78, 5) is 18.3. The minimum atomic E-state index is -0.0847. The van der Waals surface area contributed by atoms with Crippen LogP contribution in [0.2, 0.25) is 0 Å². The molecule has 2 rings (SSSR count). The highest BCUT2D eigenvalue weighted by Gasteiger charge is 2.19. The SMILES string of the molecule is COc1ccc(C(C)N(C)C(=O)c2ccc(OC)nc2)cc1. The van der Waals surface area contributed by atoms with E-state index in [4.69, 9.17) is 9.47 Å². The minimum Gasteiger partial charge on any atom is -0.497 e. The molecule has 22 heavy (non-hydrogen) atoms. The molecule has 0 spiro atoms. The summed E-state index contributed by atoms with van der Waals surface area (Å²) < 4.78 is 10.1. The molecule has 5 heteroatoms. The molecule has 1 atom stereocenters. The van der Waals surface area contributed by atoms with Gasteiger partial charge in [-0.2, -0.15) is 0 Å². The molecule has 0 bridgehead atoms. The summed E-state index contributed by atoms with van der Waals surface area (Å²) in [5, 5.41) is 0. The van der Waals surface area contributed by atoms with Crippen LogP contribution in [0.15, 0.2) is 42.6 Å². The van der Waals surface area contributed by atoms with Crippen molar-refractivity contribution >= 4 is 5.91 Å². The van der Waals surface area contributed by atoms with Crippen LogP contribution in [-0.2, 0) is 0 Å². The van der Waals surface area contributed by atoms with Crippen LogP contribution in [0.25, 0.3) is 0 Å². The number of aromatic nitrogens is 1. The number of hydrogen-bond donors (Lipinski definition) is 0. The molecular formula is C17H20N2O3. The van der Waals surface area contributed by atoms with E-state index in [1.54, 1.807) is 38.3 Å². The van der Waals surface area contributed by atoms with Crippen LogP contribution in [0.5, 0.6) is 11.6 Å². The van der Waals surface area contributed by atoms with E-state index in [-0.39, 0.29) is 11.9 Å². The molecule has 1 unspecified atom stereocenters. The summed E-state index contributed by atoms with van der Waals surface area (Å²) >= 11 is 0. The molecule has 0 aliphatic rings. The average molecular weight is 300 g/mol. The van der Waals surface area contributed by atoms with E-state index in [1.165, 1.54) is 6.20 Å². The molecule has 0 N–H and O–H groups in total. The predicted octanol–water partition coefficient (Wildman–Crippen LogP) is 2.93. The Morgan fingerprint density at radius 1 is 1.09 bits per heavy atom. The molecular weight excluding hydrogens is 280 g/mol. The third-order valence-electron chi connectivity index (χ3n) is 3.69. The van der Waals surface area contributed by atoms with E-state index in [9.17, 15) is 4.79 Å². The van der Waals surface area contributed by atoms with Crippen molar-refractivity contribution in [1.82, 2.24) is 9.88 Å². The lowest BCUT2D eigenvalue weighted by Gasteiger charge is -2.25. The minimum absolute atomic E-state index is 0.0551. The molecule has 5 nitrogen and oxygen atoms in total. The Bertz CT molecular complexity index is 623. The van der Waals surface area contributed by atoms with Gasteiger partial charge in [0.05, 0.1) is 25.8 Å². The third kappa shape index (κ3) is 3.36. The molecule has 2 aromatic rings. The number of rotatable bonds is 5. The fourth-order valence-corrected chi connectivity index (χ4v) is 2.11. The predicted molar refractivity (Wildman–Crippen MR) is 84.3 cm³/mol. The second kappa shape index (κ2) is 6.93. The highest BCUT2D eigenvalue weighted by atomic mass is 16.5. The quantitative estimate of drug-likeness (QED) is 0.852. The number of pyridine rings is 1. The zero-order chi connectivity index (χ0) is 16.1. The smallest absolute Gasteiger partial charge is 0.255 e. The van der Waals surface area contributed by atoms with Crippen molar-refractivity contribution in [3.05, 3.63) is 53.7 Å². The number of benzene rings is 1. The van der Waals surface area contributed by atoms with Crippen molar-refractivity contribution in [2.45, 2.75) is 13.0 Å². The van der Waals surface area contributed by atoms with Gasteiger partial charge in [-0.05, 0) is 30.7 Å². The maximum absolute atomic E-state index is 12.5. The van der Waals surface area contributed by atoms with Gasteiger partial charge in [0, 0.05) is 19.3 Å². The number of hydrogen-bond acceptors (Lipinski definition) is 4. The molecule has 1 aromatic carbocycles. The molecule has 0 radical (unpaired) electrons. The first-order valence-corrected chi connectivity index (χ1v) is 6.98. The van der Waals surface area contributed by atoms with E-state index < -0.39 is 0 Å². The van der Waals surface area contributed by atoms with Crippen LogP contribution in [0.3, 0.4) is 0 Å². The second-order valence-electron chi connectivity index (χ2n) is 4.95. The first kappa shape index (κ1) is 15.8. The van der Waals surface area contributed by atoms with Crippen molar-refractivity contribution < 1.29 is 14.3 Å². The average Bonchev–Trinajstić information content (AvgIpc) is 2.60. The molecule has 0 aliphatic heterocycles. The molecule has 116 valence electrons. The zero-order valence-electron chi connectivity index (χ0n) is 13.2. The van der Waals surface area contributed by atoms with Gasteiger partial charge in [-0.3, -0.25) is 4.79 Å². The van der Waals surface area contributed by atoms with Gasteiger partial charge in [0.15, 0.2) is 0 Å². The van der Waals surface area contributed by atoms with Crippen molar-refractivity contribution in [2.75, 3.05) is 21.3 Å². The molecule has 0 saturated heterocycles. The van der Waals surface area contributed by atoms with Gasteiger partial charge in [0.2, 0.25) is 5.88 Å². The Morgan fingerprint density at radius 3 is 2.27 bits per heavy atom. The zero-order valence-corrected chi connectivity index (χ0v) is 13.2. The maximum Gasteiger partial charge on any atom is 0.255 e. The highest BCUT2D eigenvalue weighted by Crippen LogP contribution is 2.23. The lowest BCUT2D eigenvalue weighted by molar-refractivity contribution is 0.0742. The Kier molecular flexibility index (Phi) is 4.99. The molecule has 1 aromatic heterocycles. The summed E-state index contributed by atoms with van der Waals surface area (Å²) in [5.41, 5.74) is 1.57. The van der Waals surface area contributed by atoms with Gasteiger partial charge < -0.3 is 14.4 Å². The van der Waals surface area contributed by atoms with Crippen molar-refractivity contribution in [2.24, 2.45) is 0 Å². The van der Waals surface area contributed by atoms with Crippen molar-refractivity contribution in [3.8, 4) is 11.6 Å². The van der Waals surface area contributed by atoms with E-state index in [0.717, 1.165) is 11.3 Å². The molecule has 0 saturated carbocycles. The summed E-state index contributed by atoms with van der Waals surface area (Å²) in [6, 6.07) is 11.0. The number of carbonyl (C=O) groups is 1. The van der Waals surface area contributed by atoms with Crippen LogP contribution >= 0.6 is 0 Å². The van der Waals surface area contributed by atoms with Crippen LogP contribution in [0.4, 0.5) is 0 Å². The lowest BCUT2D eigenvalue weighted by Crippen LogP contribution is -2.29. The summed E-state index contributed by atoms with van der Waals surface area (Å²) in [7, 11) is 4.95. The van der Waals surface area contributed by atoms with Gasteiger partial charge in [-0.25, -0.2) is 4.98 Å². The van der Waals surface area contributed by atoms with Crippen LogP contribution in [0.1, 0.15) is 28.9 Å². The highest BCUT2D eigenvalue weighted by molar-refractivity contribution is 5.94. The second-order valence-corrected chi connectivity index (χ2v) is 4.95. The first-order valence-electron chi connectivity index (χ1n) is 6.98. The Balaban J connectivity index is 2.13. The van der Waals surface area contributed by atoms with Crippen LogP contribution in [0, 0.1) is 0 Å². The summed E-state index contributed by atoms with van der Waals surface area (Å²) in [6.45, 7) is 1.98. The van der Waals surface area contributed by atoms with E-state index in [2.05, 4.69) is 4.98 Å². The van der Waals surface area contributed by atoms with Gasteiger partial charge in [-0.1, -0.05) is 12.1 Å². The van der Waals surface area contributed by atoms with Gasteiger partial charge >= 0.3 is 0 Å². The largest absolute Gasteiger partial charge is 0.497 e. The number of ether oxygens (including phenoxy) is 2. The van der Waals surface area contributed by atoms with E-state index in [0.29, 0.717) is 11.4 Å². The fourth-order valence-electron chi connectivity index (χ4n) is 2.11. The van der Waals surface area contributed by atoms with Crippen LogP contribution in [-0.4, -0.2) is 37.1 Å². The van der Waals surface area contributed by atoms with E-state index in [1.807, 2.05) is 31.2 Å². The Hall–Kier alpha value is -2.56.